The molecule has 1 aromatic rings. The van der Waals surface area contributed by atoms with Crippen LogP contribution in [-0.2, 0) is 22.9 Å². The topological polar surface area (TPSA) is 109 Å². The van der Waals surface area contributed by atoms with E-state index in [9.17, 15) is 14.2 Å². The minimum Gasteiger partial charge on any atom is -0.346 e. The number of alkyl halides is 2. The van der Waals surface area contributed by atoms with Crippen molar-refractivity contribution in [3.8, 4) is 0 Å². The molecule has 0 bridgehead atoms. The molecule has 0 aliphatic carbocycles. The molecule has 1 aromatic heterocycles. The van der Waals surface area contributed by atoms with E-state index in [0.29, 0.717) is 0 Å². The fraction of sp³-hybridized carbons (Fsp3) is 0.692. The number of phosphoric acid groups is 1. The summed E-state index contributed by atoms with van der Waals surface area (Å²) in [5, 5.41) is 0. The summed E-state index contributed by atoms with van der Waals surface area (Å²) in [5.41, 5.74) is -0.999. The van der Waals surface area contributed by atoms with Gasteiger partial charge in [-0.2, -0.15) is 0 Å². The predicted octanol–water partition coefficient (Wildman–Crippen LogP) is 1.86. The molecule has 12 heteroatoms. The number of halogens is 2. The van der Waals surface area contributed by atoms with E-state index in [4.69, 9.17) is 41.5 Å². The molecule has 0 aromatic carbocycles. The van der Waals surface area contributed by atoms with E-state index in [1.807, 2.05) is 0 Å². The van der Waals surface area contributed by atoms with Crippen LogP contribution in [0, 0.1) is 6.92 Å². The molecule has 0 saturated carbocycles. The molecule has 2 saturated heterocycles. The first-order valence-corrected chi connectivity index (χ1v) is 9.72. The van der Waals surface area contributed by atoms with Gasteiger partial charge in [-0.15, -0.1) is 0 Å². The molecular weight excluding hydrogens is 398 g/mol. The van der Waals surface area contributed by atoms with Crippen molar-refractivity contribution < 1.29 is 22.9 Å². The summed E-state index contributed by atoms with van der Waals surface area (Å²) in [6.07, 6.45) is -2.13. The second-order valence-electron chi connectivity index (χ2n) is 6.10. The summed E-state index contributed by atoms with van der Waals surface area (Å²) in [4.78, 5) is 25.8. The number of nitrogens with zero attached hydrogens (tertiary/aromatic N) is 1. The van der Waals surface area contributed by atoms with Gasteiger partial charge in [0.1, 0.15) is 12.2 Å². The van der Waals surface area contributed by atoms with E-state index >= 15 is 0 Å². The summed E-state index contributed by atoms with van der Waals surface area (Å²) >= 11 is 12.8. The summed E-state index contributed by atoms with van der Waals surface area (Å²) in [5.74, 6) is 0. The van der Waals surface area contributed by atoms with Gasteiger partial charge < -0.3 is 4.74 Å². The summed E-state index contributed by atoms with van der Waals surface area (Å²) in [7, 11) is -3.86. The lowest BCUT2D eigenvalue weighted by atomic mass is 10.1. The third-order valence-corrected chi connectivity index (χ3v) is 6.16. The summed E-state index contributed by atoms with van der Waals surface area (Å²) in [6.45, 7) is 4.72. The van der Waals surface area contributed by atoms with Crippen molar-refractivity contribution in [1.82, 2.24) is 9.55 Å². The van der Waals surface area contributed by atoms with Gasteiger partial charge in [0.2, 0.25) is 0 Å². The van der Waals surface area contributed by atoms with Crippen molar-refractivity contribution >= 4 is 31.0 Å². The van der Waals surface area contributed by atoms with Crippen LogP contribution in [-0.4, -0.2) is 38.8 Å². The highest BCUT2D eigenvalue weighted by Gasteiger charge is 2.62. The van der Waals surface area contributed by atoms with Crippen LogP contribution in [0.3, 0.4) is 0 Å². The Kier molecular flexibility index (Phi) is 4.96. The lowest BCUT2D eigenvalue weighted by Crippen LogP contribution is -2.44. The van der Waals surface area contributed by atoms with Crippen molar-refractivity contribution in [3.63, 3.8) is 0 Å². The summed E-state index contributed by atoms with van der Waals surface area (Å²) < 4.78 is 33.3. The molecule has 140 valence electrons. The average Bonchev–Trinajstić information content (AvgIpc) is 2.73. The molecule has 25 heavy (non-hydrogen) atoms. The first-order chi connectivity index (χ1) is 11.5. The smallest absolute Gasteiger partial charge is 0.346 e. The Bertz CT molecular complexity index is 836. The van der Waals surface area contributed by atoms with Crippen LogP contribution in [0.1, 0.15) is 25.6 Å². The van der Waals surface area contributed by atoms with Crippen LogP contribution < -0.4 is 11.2 Å². The Balaban J connectivity index is 1.94. The molecule has 0 amide bonds. The zero-order valence-electron chi connectivity index (χ0n) is 13.6. The second kappa shape index (κ2) is 6.49. The third kappa shape index (κ3) is 3.47. The first kappa shape index (κ1) is 19.1. The highest BCUT2D eigenvalue weighted by molar-refractivity contribution is 7.48. The molecule has 9 nitrogen and oxygen atoms in total. The van der Waals surface area contributed by atoms with Gasteiger partial charge in [0, 0.05) is 11.8 Å². The first-order valence-electron chi connectivity index (χ1n) is 7.50. The van der Waals surface area contributed by atoms with Crippen LogP contribution in [0.5, 0.6) is 0 Å². The Labute approximate surface area is 152 Å². The molecule has 1 N–H and O–H groups in total. The molecule has 0 radical (unpaired) electrons. The number of rotatable bonds is 3. The predicted molar refractivity (Wildman–Crippen MR) is 89.1 cm³/mol. The van der Waals surface area contributed by atoms with Gasteiger partial charge in [0.15, 0.2) is 10.6 Å². The van der Waals surface area contributed by atoms with E-state index in [1.54, 1.807) is 13.8 Å². The Morgan fingerprint density at radius 1 is 1.44 bits per heavy atom. The molecule has 0 unspecified atom stereocenters. The van der Waals surface area contributed by atoms with Crippen LogP contribution in [0.25, 0.3) is 0 Å². The van der Waals surface area contributed by atoms with Crippen molar-refractivity contribution in [2.75, 3.05) is 6.61 Å². The number of fused-ring (bicyclic) bond motifs is 1. The standard InChI is InChI=1S/C13H17Cl2N2O7P/c1-6(2)23-25(20)21-5-8-9(24-25)13(14,15)11(22-8)17-4-7(3)10(18)16-12(17)19/h4,6,8-9,11H,5H2,1-3H3,(H,16,18,19)/t8-,9-,11-,25-/m1/s1. The summed E-state index contributed by atoms with van der Waals surface area (Å²) in [6, 6.07) is 0. The number of hydrogen-bond acceptors (Lipinski definition) is 7. The number of aromatic amines is 1. The van der Waals surface area contributed by atoms with E-state index < -0.39 is 47.9 Å². The number of aryl methyl sites for hydroxylation is 1. The molecule has 3 rings (SSSR count). The lowest BCUT2D eigenvalue weighted by Gasteiger charge is -2.33. The van der Waals surface area contributed by atoms with Crippen molar-refractivity contribution in [3.05, 3.63) is 32.6 Å². The average molecular weight is 415 g/mol. The number of nitrogens with one attached hydrogen (secondary N) is 1. The molecule has 2 aliphatic rings. The molecule has 3 heterocycles. The van der Waals surface area contributed by atoms with Gasteiger partial charge in [-0.3, -0.25) is 27.9 Å². The Morgan fingerprint density at radius 3 is 2.76 bits per heavy atom. The molecule has 2 aliphatic heterocycles. The maximum atomic E-state index is 12.5. The third-order valence-electron chi connectivity index (χ3n) is 3.73. The van der Waals surface area contributed by atoms with Crippen LogP contribution in [0.2, 0.25) is 0 Å². The van der Waals surface area contributed by atoms with Crippen LogP contribution in [0.15, 0.2) is 15.8 Å². The van der Waals surface area contributed by atoms with Crippen molar-refractivity contribution in [1.29, 1.82) is 0 Å². The quantitative estimate of drug-likeness (QED) is 0.593. The van der Waals surface area contributed by atoms with Crippen molar-refractivity contribution in [2.24, 2.45) is 0 Å². The second-order valence-corrected chi connectivity index (χ2v) is 9.12. The number of hydrogen-bond donors (Lipinski definition) is 1. The number of aromatic nitrogens is 2. The largest absolute Gasteiger partial charge is 0.475 e. The Morgan fingerprint density at radius 2 is 2.12 bits per heavy atom. The maximum absolute atomic E-state index is 12.5. The number of H-pyrrole nitrogens is 1. The van der Waals surface area contributed by atoms with Gasteiger partial charge in [-0.25, -0.2) is 9.36 Å². The minimum absolute atomic E-state index is 0.135. The molecular formula is C13H17Cl2N2O7P. The van der Waals surface area contributed by atoms with Crippen LogP contribution in [0.4, 0.5) is 0 Å². The van der Waals surface area contributed by atoms with E-state index in [2.05, 4.69) is 4.98 Å². The number of phosphoric ester groups is 1. The van der Waals surface area contributed by atoms with E-state index in [0.717, 1.165) is 4.57 Å². The molecule has 0 spiro atoms. The van der Waals surface area contributed by atoms with Crippen LogP contribution >= 0.6 is 31.0 Å². The molecule has 2 fully saturated rings. The van der Waals surface area contributed by atoms with Gasteiger partial charge in [0.05, 0.1) is 12.7 Å². The fourth-order valence-electron chi connectivity index (χ4n) is 2.64. The minimum atomic E-state index is -3.86. The zero-order chi connectivity index (χ0) is 18.6. The molecule has 4 atom stereocenters. The SMILES string of the molecule is Cc1cn([C@@H]2O[C@@H]3CO[P@](=O)(OC(C)C)O[C@H]3C2(Cl)Cl)c(=O)[nH]c1=O. The van der Waals surface area contributed by atoms with Gasteiger partial charge in [-0.05, 0) is 20.8 Å². The highest BCUT2D eigenvalue weighted by atomic mass is 35.5. The van der Waals surface area contributed by atoms with Crippen molar-refractivity contribution in [2.45, 2.75) is 49.6 Å². The van der Waals surface area contributed by atoms with Gasteiger partial charge >= 0.3 is 13.5 Å². The Hall–Kier alpha value is -0.670. The highest BCUT2D eigenvalue weighted by Crippen LogP contribution is 2.61. The maximum Gasteiger partial charge on any atom is 0.475 e. The fourth-order valence-corrected chi connectivity index (χ4v) is 5.04. The van der Waals surface area contributed by atoms with Gasteiger partial charge in [-0.1, -0.05) is 23.2 Å². The van der Waals surface area contributed by atoms with Gasteiger partial charge in [0.25, 0.3) is 5.56 Å². The van der Waals surface area contributed by atoms with E-state index in [-0.39, 0.29) is 12.2 Å². The lowest BCUT2D eigenvalue weighted by molar-refractivity contribution is -0.0749. The van der Waals surface area contributed by atoms with E-state index in [1.165, 1.54) is 13.1 Å². The monoisotopic (exact) mass is 414 g/mol. The zero-order valence-corrected chi connectivity index (χ0v) is 16.0. The normalized spacial score (nSPS) is 34.2. The number of ether oxygens (including phenoxy) is 1.